The monoisotopic (exact) mass is 175 g/mol. The van der Waals surface area contributed by atoms with Gasteiger partial charge in [0.2, 0.25) is 0 Å². The van der Waals surface area contributed by atoms with Crippen molar-refractivity contribution < 1.29 is 13.9 Å². The summed E-state index contributed by atoms with van der Waals surface area (Å²) in [6.07, 6.45) is -0.602. The number of alkyl halides is 1. The largest absolute Gasteiger partial charge is 0.468 e. The third kappa shape index (κ3) is 1.75. The molecule has 0 spiro atoms. The van der Waals surface area contributed by atoms with Crippen molar-refractivity contribution >= 4 is 5.97 Å². The summed E-state index contributed by atoms with van der Waals surface area (Å²) in [6, 6.07) is -0.366. The maximum absolute atomic E-state index is 12.9. The Kier molecular flexibility index (Phi) is 3.03. The predicted molar refractivity (Wildman–Crippen MR) is 42.6 cm³/mol. The van der Waals surface area contributed by atoms with Gasteiger partial charge in [0.1, 0.15) is 12.2 Å². The van der Waals surface area contributed by atoms with Gasteiger partial charge < -0.3 is 4.74 Å². The lowest BCUT2D eigenvalue weighted by atomic mass is 10.2. The lowest BCUT2D eigenvalue weighted by Crippen LogP contribution is -2.36. The standard InChI is InChI=1S/C8H14FNO2/c1-3-10-5-6(9)4-7(10)8(11)12-2/h6-7H,3-5H2,1-2H3. The number of methoxy groups -OCH3 is 1. The van der Waals surface area contributed by atoms with E-state index in [0.29, 0.717) is 13.1 Å². The number of halogens is 1. The summed E-state index contributed by atoms with van der Waals surface area (Å²) in [6.45, 7) is 2.96. The van der Waals surface area contributed by atoms with E-state index in [0.717, 1.165) is 0 Å². The lowest BCUT2D eigenvalue weighted by molar-refractivity contribution is -0.145. The Balaban J connectivity index is 2.57. The quantitative estimate of drug-likeness (QED) is 0.575. The van der Waals surface area contributed by atoms with Crippen molar-refractivity contribution in [2.75, 3.05) is 20.2 Å². The number of carbonyl (C=O) groups excluding carboxylic acids is 1. The predicted octanol–water partition coefficient (Wildman–Crippen LogP) is 0.592. The first kappa shape index (κ1) is 9.45. The molecule has 1 fully saturated rings. The van der Waals surface area contributed by atoms with Gasteiger partial charge in [0.15, 0.2) is 0 Å². The van der Waals surface area contributed by atoms with Crippen LogP contribution in [0.4, 0.5) is 4.39 Å². The van der Waals surface area contributed by atoms with Crippen molar-refractivity contribution in [3.05, 3.63) is 0 Å². The molecule has 0 amide bonds. The molecule has 1 rings (SSSR count). The Morgan fingerprint density at radius 2 is 2.42 bits per heavy atom. The number of rotatable bonds is 2. The molecule has 12 heavy (non-hydrogen) atoms. The molecule has 70 valence electrons. The minimum Gasteiger partial charge on any atom is -0.468 e. The highest BCUT2D eigenvalue weighted by Gasteiger charge is 2.36. The molecule has 0 N–H and O–H groups in total. The van der Waals surface area contributed by atoms with Crippen molar-refractivity contribution in [2.24, 2.45) is 0 Å². The third-order valence-corrected chi connectivity index (χ3v) is 2.23. The van der Waals surface area contributed by atoms with Gasteiger partial charge in [-0.3, -0.25) is 9.69 Å². The smallest absolute Gasteiger partial charge is 0.323 e. The summed E-state index contributed by atoms with van der Waals surface area (Å²) in [5.41, 5.74) is 0. The average molecular weight is 175 g/mol. The molecule has 0 aliphatic carbocycles. The Morgan fingerprint density at radius 3 is 2.92 bits per heavy atom. The van der Waals surface area contributed by atoms with Gasteiger partial charge in [-0.1, -0.05) is 6.92 Å². The molecule has 0 bridgehead atoms. The lowest BCUT2D eigenvalue weighted by Gasteiger charge is -2.19. The van der Waals surface area contributed by atoms with Crippen LogP contribution in [-0.4, -0.2) is 43.3 Å². The minimum absolute atomic E-state index is 0.278. The number of ether oxygens (including phenoxy) is 1. The number of carbonyl (C=O) groups is 1. The van der Waals surface area contributed by atoms with Gasteiger partial charge in [0.05, 0.1) is 7.11 Å². The van der Waals surface area contributed by atoms with Crippen LogP contribution in [0.2, 0.25) is 0 Å². The summed E-state index contributed by atoms with van der Waals surface area (Å²) in [7, 11) is 1.34. The first-order chi connectivity index (χ1) is 5.69. The third-order valence-electron chi connectivity index (χ3n) is 2.23. The first-order valence-corrected chi connectivity index (χ1v) is 4.15. The van der Waals surface area contributed by atoms with E-state index in [2.05, 4.69) is 4.74 Å². The van der Waals surface area contributed by atoms with Crippen LogP contribution in [0.15, 0.2) is 0 Å². The zero-order valence-corrected chi connectivity index (χ0v) is 7.42. The molecule has 4 heteroatoms. The van der Waals surface area contributed by atoms with Gasteiger partial charge in [-0.25, -0.2) is 4.39 Å². The van der Waals surface area contributed by atoms with Crippen molar-refractivity contribution in [3.8, 4) is 0 Å². The second-order valence-electron chi connectivity index (χ2n) is 2.96. The van der Waals surface area contributed by atoms with E-state index in [9.17, 15) is 9.18 Å². The van der Waals surface area contributed by atoms with Gasteiger partial charge in [-0.15, -0.1) is 0 Å². The van der Waals surface area contributed by atoms with Gasteiger partial charge >= 0.3 is 5.97 Å². The van der Waals surface area contributed by atoms with E-state index in [1.54, 1.807) is 4.90 Å². The molecule has 0 aromatic rings. The van der Waals surface area contributed by atoms with Crippen LogP contribution in [0.25, 0.3) is 0 Å². The fourth-order valence-corrected chi connectivity index (χ4v) is 1.58. The highest BCUT2D eigenvalue weighted by molar-refractivity contribution is 5.76. The molecular formula is C8H14FNO2. The highest BCUT2D eigenvalue weighted by atomic mass is 19.1. The number of esters is 1. The molecule has 3 nitrogen and oxygen atoms in total. The Hall–Kier alpha value is -0.640. The van der Waals surface area contributed by atoms with Gasteiger partial charge in [-0.05, 0) is 6.54 Å². The van der Waals surface area contributed by atoms with Crippen molar-refractivity contribution in [2.45, 2.75) is 25.6 Å². The van der Waals surface area contributed by atoms with E-state index < -0.39 is 6.17 Å². The topological polar surface area (TPSA) is 29.5 Å². The fraction of sp³-hybridized carbons (Fsp3) is 0.875. The molecule has 2 unspecified atom stereocenters. The van der Waals surface area contributed by atoms with E-state index in [1.165, 1.54) is 7.11 Å². The molecular weight excluding hydrogens is 161 g/mol. The molecule has 1 saturated heterocycles. The average Bonchev–Trinajstić information content (AvgIpc) is 2.45. The summed E-state index contributed by atoms with van der Waals surface area (Å²) in [5.74, 6) is -0.322. The first-order valence-electron chi connectivity index (χ1n) is 4.15. The second-order valence-corrected chi connectivity index (χ2v) is 2.96. The number of hydrogen-bond acceptors (Lipinski definition) is 3. The van der Waals surface area contributed by atoms with Crippen molar-refractivity contribution in [1.82, 2.24) is 4.90 Å². The van der Waals surface area contributed by atoms with Gasteiger partial charge in [-0.2, -0.15) is 0 Å². The molecule has 0 radical (unpaired) electrons. The zero-order valence-electron chi connectivity index (χ0n) is 7.42. The zero-order chi connectivity index (χ0) is 9.14. The van der Waals surface area contributed by atoms with Crippen LogP contribution in [0, 0.1) is 0 Å². The molecule has 0 aromatic carbocycles. The molecule has 1 aliphatic rings. The number of nitrogens with zero attached hydrogens (tertiary/aromatic N) is 1. The van der Waals surface area contributed by atoms with Crippen LogP contribution in [0.3, 0.4) is 0 Å². The molecule has 0 saturated carbocycles. The van der Waals surface area contributed by atoms with Crippen LogP contribution < -0.4 is 0 Å². The molecule has 1 aliphatic heterocycles. The Bertz CT molecular complexity index is 174. The van der Waals surface area contributed by atoms with Crippen molar-refractivity contribution in [3.63, 3.8) is 0 Å². The number of hydrogen-bond donors (Lipinski definition) is 0. The Morgan fingerprint density at radius 1 is 1.75 bits per heavy atom. The minimum atomic E-state index is -0.881. The number of likely N-dealkylation sites (tertiary alicyclic amines) is 1. The van der Waals surface area contributed by atoms with Crippen LogP contribution in [0.5, 0.6) is 0 Å². The summed E-state index contributed by atoms with van der Waals surface area (Å²) in [5, 5.41) is 0. The summed E-state index contributed by atoms with van der Waals surface area (Å²) in [4.78, 5) is 12.9. The molecule has 1 heterocycles. The van der Waals surface area contributed by atoms with E-state index in [-0.39, 0.29) is 18.4 Å². The summed E-state index contributed by atoms with van der Waals surface area (Å²) >= 11 is 0. The highest BCUT2D eigenvalue weighted by Crippen LogP contribution is 2.20. The molecule has 2 atom stereocenters. The maximum atomic E-state index is 12.9. The Labute approximate surface area is 71.5 Å². The van der Waals surface area contributed by atoms with Crippen LogP contribution >= 0.6 is 0 Å². The van der Waals surface area contributed by atoms with Gasteiger partial charge in [0, 0.05) is 13.0 Å². The van der Waals surface area contributed by atoms with Crippen LogP contribution in [0.1, 0.15) is 13.3 Å². The maximum Gasteiger partial charge on any atom is 0.323 e. The van der Waals surface area contributed by atoms with E-state index >= 15 is 0 Å². The van der Waals surface area contributed by atoms with E-state index in [1.807, 2.05) is 6.92 Å². The second kappa shape index (κ2) is 3.85. The van der Waals surface area contributed by atoms with E-state index in [4.69, 9.17) is 0 Å². The SMILES string of the molecule is CCN1CC(F)CC1C(=O)OC. The number of likely N-dealkylation sites (N-methyl/N-ethyl adjacent to an activating group) is 1. The van der Waals surface area contributed by atoms with Gasteiger partial charge in [0.25, 0.3) is 0 Å². The molecule has 0 aromatic heterocycles. The fourth-order valence-electron chi connectivity index (χ4n) is 1.58. The normalized spacial score (nSPS) is 30.6. The van der Waals surface area contributed by atoms with Crippen LogP contribution in [-0.2, 0) is 9.53 Å². The van der Waals surface area contributed by atoms with Crippen molar-refractivity contribution in [1.29, 1.82) is 0 Å². The summed E-state index contributed by atoms with van der Waals surface area (Å²) < 4.78 is 17.4.